The molecule has 0 aliphatic rings. The topological polar surface area (TPSA) is 102 Å². The van der Waals surface area contributed by atoms with Crippen molar-refractivity contribution in [1.29, 1.82) is 0 Å². The number of carboxylic acids is 2. The lowest BCUT2D eigenvalue weighted by Gasteiger charge is -2.14. The third kappa shape index (κ3) is 3.87. The third-order valence-corrected chi connectivity index (χ3v) is 4.15. The van der Waals surface area contributed by atoms with E-state index in [9.17, 15) is 14.7 Å². The molecule has 1 unspecified atom stereocenters. The van der Waals surface area contributed by atoms with E-state index in [4.69, 9.17) is 5.11 Å². The lowest BCUT2D eigenvalue weighted by atomic mass is 10.0. The maximum Gasteiger partial charge on any atom is 0.335 e. The summed E-state index contributed by atoms with van der Waals surface area (Å²) < 4.78 is 0. The zero-order valence-corrected chi connectivity index (χ0v) is 13.4. The van der Waals surface area contributed by atoms with Crippen LogP contribution in [-0.4, -0.2) is 33.2 Å². The quantitative estimate of drug-likeness (QED) is 0.530. The lowest BCUT2D eigenvalue weighted by molar-refractivity contribution is -0.139. The molecule has 0 bridgehead atoms. The SMILES string of the molecule is O=C(O)c1ccc(CNC(Cc2c[nH]c3ccccc23)C(=O)O)cc1. The van der Waals surface area contributed by atoms with Crippen LogP contribution in [0.2, 0.25) is 0 Å². The van der Waals surface area contributed by atoms with Gasteiger partial charge in [-0.2, -0.15) is 0 Å². The highest BCUT2D eigenvalue weighted by molar-refractivity contribution is 5.87. The fraction of sp³-hybridized carbons (Fsp3) is 0.158. The number of para-hydroxylation sites is 1. The summed E-state index contributed by atoms with van der Waals surface area (Å²) in [5.41, 5.74) is 2.95. The molecule has 0 radical (unpaired) electrons. The third-order valence-electron chi connectivity index (χ3n) is 4.15. The highest BCUT2D eigenvalue weighted by Crippen LogP contribution is 2.19. The summed E-state index contributed by atoms with van der Waals surface area (Å²) in [5, 5.41) is 22.4. The minimum atomic E-state index is -0.984. The van der Waals surface area contributed by atoms with E-state index in [1.807, 2.05) is 30.5 Å². The van der Waals surface area contributed by atoms with Crippen LogP contribution >= 0.6 is 0 Å². The molecule has 1 aromatic heterocycles. The Morgan fingerprint density at radius 2 is 1.76 bits per heavy atom. The fourth-order valence-electron chi connectivity index (χ4n) is 2.77. The molecular weight excluding hydrogens is 320 g/mol. The molecule has 3 rings (SSSR count). The van der Waals surface area contributed by atoms with Crippen molar-refractivity contribution >= 4 is 22.8 Å². The van der Waals surface area contributed by atoms with Crippen molar-refractivity contribution < 1.29 is 19.8 Å². The molecule has 0 saturated carbocycles. The molecule has 2 aromatic carbocycles. The molecule has 0 aliphatic carbocycles. The summed E-state index contributed by atoms with van der Waals surface area (Å²) in [4.78, 5) is 25.6. The van der Waals surface area contributed by atoms with Gasteiger partial charge in [-0.15, -0.1) is 0 Å². The molecule has 0 aliphatic heterocycles. The Balaban J connectivity index is 1.69. The summed E-state index contributed by atoms with van der Waals surface area (Å²) in [6.07, 6.45) is 2.19. The Bertz CT molecular complexity index is 899. The van der Waals surface area contributed by atoms with Crippen LogP contribution in [0.25, 0.3) is 10.9 Å². The minimum absolute atomic E-state index is 0.206. The standard InChI is InChI=1S/C19H18N2O4/c22-18(23)13-7-5-12(6-8-13)10-20-17(19(24)25)9-14-11-21-16-4-2-1-3-15(14)16/h1-8,11,17,20-21H,9-10H2,(H,22,23)(H,24,25). The fourth-order valence-corrected chi connectivity index (χ4v) is 2.77. The second kappa shape index (κ2) is 7.19. The molecule has 1 heterocycles. The summed E-state index contributed by atoms with van der Waals surface area (Å²) in [6, 6.07) is 13.4. The number of aliphatic carboxylic acids is 1. The van der Waals surface area contributed by atoms with Gasteiger partial charge in [-0.3, -0.25) is 4.79 Å². The number of nitrogens with one attached hydrogen (secondary N) is 2. The summed E-state index contributed by atoms with van der Waals surface area (Å²) in [6.45, 7) is 0.346. The first-order valence-electron chi connectivity index (χ1n) is 7.88. The van der Waals surface area contributed by atoms with E-state index in [0.717, 1.165) is 22.0 Å². The first-order valence-corrected chi connectivity index (χ1v) is 7.88. The van der Waals surface area contributed by atoms with Crippen molar-refractivity contribution in [2.24, 2.45) is 0 Å². The number of rotatable bonds is 7. The molecule has 1 atom stereocenters. The van der Waals surface area contributed by atoms with E-state index in [2.05, 4.69) is 10.3 Å². The maximum absolute atomic E-state index is 11.6. The number of hydrogen-bond donors (Lipinski definition) is 4. The molecule has 0 saturated heterocycles. The molecule has 3 aromatic rings. The molecule has 25 heavy (non-hydrogen) atoms. The first-order chi connectivity index (χ1) is 12.0. The van der Waals surface area contributed by atoms with Crippen LogP contribution in [0.5, 0.6) is 0 Å². The van der Waals surface area contributed by atoms with Gasteiger partial charge in [-0.25, -0.2) is 4.79 Å². The normalized spacial score (nSPS) is 12.2. The Hall–Kier alpha value is -3.12. The van der Waals surface area contributed by atoms with Crippen molar-refractivity contribution in [1.82, 2.24) is 10.3 Å². The van der Waals surface area contributed by atoms with Crippen LogP contribution in [-0.2, 0) is 17.8 Å². The second-order valence-electron chi connectivity index (χ2n) is 5.84. The van der Waals surface area contributed by atoms with E-state index in [1.165, 1.54) is 12.1 Å². The van der Waals surface area contributed by atoms with Gasteiger partial charge in [0, 0.05) is 30.1 Å². The van der Waals surface area contributed by atoms with E-state index in [-0.39, 0.29) is 5.56 Å². The van der Waals surface area contributed by atoms with Gasteiger partial charge in [0.25, 0.3) is 0 Å². The van der Waals surface area contributed by atoms with Crippen molar-refractivity contribution in [2.75, 3.05) is 0 Å². The molecule has 0 spiro atoms. The maximum atomic E-state index is 11.6. The van der Waals surface area contributed by atoms with Gasteiger partial charge in [-0.1, -0.05) is 30.3 Å². The number of aromatic carboxylic acids is 1. The zero-order chi connectivity index (χ0) is 17.8. The van der Waals surface area contributed by atoms with Crippen LogP contribution in [0.1, 0.15) is 21.5 Å². The lowest BCUT2D eigenvalue weighted by Crippen LogP contribution is -2.38. The summed E-state index contributed by atoms with van der Waals surface area (Å²) in [5.74, 6) is -1.91. The smallest absolute Gasteiger partial charge is 0.335 e. The van der Waals surface area contributed by atoms with Gasteiger partial charge in [0.1, 0.15) is 6.04 Å². The predicted octanol–water partition coefficient (Wildman–Crippen LogP) is 2.65. The Morgan fingerprint density at radius 1 is 1.04 bits per heavy atom. The predicted molar refractivity (Wildman–Crippen MR) is 93.7 cm³/mol. The number of aromatic amines is 1. The van der Waals surface area contributed by atoms with Gasteiger partial charge in [-0.05, 0) is 29.3 Å². The Labute approximate surface area is 144 Å². The highest BCUT2D eigenvalue weighted by atomic mass is 16.4. The van der Waals surface area contributed by atoms with Crippen LogP contribution in [0, 0.1) is 0 Å². The van der Waals surface area contributed by atoms with Crippen LogP contribution < -0.4 is 5.32 Å². The monoisotopic (exact) mass is 338 g/mol. The van der Waals surface area contributed by atoms with Gasteiger partial charge in [0.05, 0.1) is 5.56 Å². The zero-order valence-electron chi connectivity index (χ0n) is 13.4. The van der Waals surface area contributed by atoms with Crippen molar-refractivity contribution in [2.45, 2.75) is 19.0 Å². The molecule has 128 valence electrons. The van der Waals surface area contributed by atoms with Gasteiger partial charge in [0.2, 0.25) is 0 Å². The van der Waals surface area contributed by atoms with Gasteiger partial charge >= 0.3 is 11.9 Å². The van der Waals surface area contributed by atoms with Crippen LogP contribution in [0.15, 0.2) is 54.7 Å². The van der Waals surface area contributed by atoms with Gasteiger partial charge < -0.3 is 20.5 Å². The van der Waals surface area contributed by atoms with E-state index in [1.54, 1.807) is 12.1 Å². The number of fused-ring (bicyclic) bond motifs is 1. The minimum Gasteiger partial charge on any atom is -0.480 e. The largest absolute Gasteiger partial charge is 0.480 e. The highest BCUT2D eigenvalue weighted by Gasteiger charge is 2.19. The molecule has 0 fully saturated rings. The number of carbonyl (C=O) groups is 2. The number of carboxylic acid groups (broad SMARTS) is 2. The van der Waals surface area contributed by atoms with Crippen molar-refractivity contribution in [3.8, 4) is 0 Å². The van der Waals surface area contributed by atoms with Crippen LogP contribution in [0.3, 0.4) is 0 Å². The Morgan fingerprint density at radius 3 is 2.44 bits per heavy atom. The molecule has 6 heteroatoms. The molecule has 6 nitrogen and oxygen atoms in total. The first kappa shape index (κ1) is 16.7. The van der Waals surface area contributed by atoms with E-state index < -0.39 is 18.0 Å². The summed E-state index contributed by atoms with van der Waals surface area (Å²) >= 11 is 0. The Kier molecular flexibility index (Phi) is 4.81. The number of benzene rings is 2. The second-order valence-corrected chi connectivity index (χ2v) is 5.84. The summed E-state index contributed by atoms with van der Waals surface area (Å²) in [7, 11) is 0. The molecule has 4 N–H and O–H groups in total. The van der Waals surface area contributed by atoms with Crippen molar-refractivity contribution in [3.63, 3.8) is 0 Å². The molecular formula is C19H18N2O4. The number of H-pyrrole nitrogens is 1. The van der Waals surface area contributed by atoms with E-state index >= 15 is 0 Å². The number of aromatic nitrogens is 1. The van der Waals surface area contributed by atoms with Crippen molar-refractivity contribution in [3.05, 3.63) is 71.4 Å². The average molecular weight is 338 g/mol. The average Bonchev–Trinajstić information content (AvgIpc) is 3.01. The van der Waals surface area contributed by atoms with Gasteiger partial charge in [0.15, 0.2) is 0 Å². The number of hydrogen-bond acceptors (Lipinski definition) is 3. The molecule has 0 amide bonds. The van der Waals surface area contributed by atoms with Crippen LogP contribution in [0.4, 0.5) is 0 Å². The van der Waals surface area contributed by atoms with E-state index in [0.29, 0.717) is 13.0 Å².